The van der Waals surface area contributed by atoms with Crippen LogP contribution in [0.25, 0.3) is 0 Å². The van der Waals surface area contributed by atoms with Crippen LogP contribution >= 0.6 is 11.3 Å². The summed E-state index contributed by atoms with van der Waals surface area (Å²) in [7, 11) is 0. The van der Waals surface area contributed by atoms with Gasteiger partial charge in [-0.3, -0.25) is 14.9 Å². The Balaban J connectivity index is 1.93. The Labute approximate surface area is 159 Å². The zero-order valence-electron chi connectivity index (χ0n) is 14.9. The predicted molar refractivity (Wildman–Crippen MR) is 101 cm³/mol. The topological polar surface area (TPSA) is 116 Å². The monoisotopic (exact) mass is 389 g/mol. The van der Waals surface area contributed by atoms with Gasteiger partial charge in [0.2, 0.25) is 0 Å². The first-order valence-electron chi connectivity index (χ1n) is 8.45. The Hall–Kier alpha value is -2.94. The second kappa shape index (κ2) is 7.36. The van der Waals surface area contributed by atoms with Crippen LogP contribution in [-0.2, 0) is 11.3 Å². The van der Waals surface area contributed by atoms with Crippen molar-refractivity contribution < 1.29 is 19.2 Å². The lowest BCUT2D eigenvalue weighted by Crippen LogP contribution is -2.37. The number of non-ortho nitro benzene ring substituents is 1. The molecule has 1 atom stereocenters. The number of hydrogen-bond acceptors (Lipinski definition) is 7. The molecule has 9 heteroatoms. The summed E-state index contributed by atoms with van der Waals surface area (Å²) in [5.41, 5.74) is 7.68. The normalized spacial score (nSPS) is 15.9. The molecular formula is C18H19N3O5S. The Morgan fingerprint density at radius 2 is 2.04 bits per heavy atom. The number of nitrogen functional groups attached to an aromatic ring is 1. The second-order valence-corrected chi connectivity index (χ2v) is 7.43. The van der Waals surface area contributed by atoms with Crippen molar-refractivity contribution >= 4 is 33.9 Å². The zero-order valence-corrected chi connectivity index (χ0v) is 15.7. The van der Waals surface area contributed by atoms with E-state index in [4.69, 9.17) is 10.5 Å². The summed E-state index contributed by atoms with van der Waals surface area (Å²) >= 11 is 1.29. The molecule has 0 radical (unpaired) electrons. The number of nitro benzene ring substituents is 1. The highest BCUT2D eigenvalue weighted by Crippen LogP contribution is 2.41. The number of carbonyl (C=O) groups excluding carboxylic acids is 2. The van der Waals surface area contributed by atoms with Gasteiger partial charge in [-0.1, -0.05) is 6.92 Å². The molecule has 0 spiro atoms. The minimum atomic E-state index is -0.513. The lowest BCUT2D eigenvalue weighted by molar-refractivity contribution is -0.384. The van der Waals surface area contributed by atoms with Gasteiger partial charge in [0.05, 0.1) is 28.6 Å². The Morgan fingerprint density at radius 3 is 2.63 bits per heavy atom. The fourth-order valence-electron chi connectivity index (χ4n) is 3.28. The second-order valence-electron chi connectivity index (χ2n) is 6.29. The van der Waals surface area contributed by atoms with E-state index >= 15 is 0 Å². The van der Waals surface area contributed by atoms with Gasteiger partial charge in [0.1, 0.15) is 0 Å². The number of anilines is 1. The molecule has 0 saturated heterocycles. The molecule has 142 valence electrons. The summed E-state index contributed by atoms with van der Waals surface area (Å²) in [4.78, 5) is 37.8. The van der Waals surface area contributed by atoms with Gasteiger partial charge in [-0.25, -0.2) is 4.79 Å². The summed E-state index contributed by atoms with van der Waals surface area (Å²) in [5.74, 6) is -0.347. The smallest absolute Gasteiger partial charge is 0.410 e. The molecule has 0 saturated carbocycles. The number of ether oxygens (including phenoxy) is 1. The lowest BCUT2D eigenvalue weighted by atomic mass is 9.89. The first kappa shape index (κ1) is 18.8. The van der Waals surface area contributed by atoms with E-state index in [1.54, 1.807) is 11.8 Å². The molecule has 1 aromatic heterocycles. The highest BCUT2D eigenvalue weighted by Gasteiger charge is 2.34. The van der Waals surface area contributed by atoms with Gasteiger partial charge in [0.25, 0.3) is 5.69 Å². The van der Waals surface area contributed by atoms with Crippen LogP contribution in [0.3, 0.4) is 0 Å². The third-order valence-corrected chi connectivity index (χ3v) is 5.48. The average Bonchev–Trinajstić information content (AvgIpc) is 2.97. The quantitative estimate of drug-likeness (QED) is 0.486. The van der Waals surface area contributed by atoms with Crippen molar-refractivity contribution in [3.05, 3.63) is 55.9 Å². The van der Waals surface area contributed by atoms with Gasteiger partial charge < -0.3 is 15.4 Å². The van der Waals surface area contributed by atoms with Crippen molar-refractivity contribution in [1.82, 2.24) is 4.90 Å². The van der Waals surface area contributed by atoms with Gasteiger partial charge >= 0.3 is 6.09 Å². The average molecular weight is 389 g/mol. The number of fused-ring (bicyclic) bond motifs is 1. The molecule has 0 aliphatic carbocycles. The minimum absolute atomic E-state index is 0.0784. The predicted octanol–water partition coefficient (Wildman–Crippen LogP) is 3.55. The van der Waals surface area contributed by atoms with E-state index in [1.807, 2.05) is 6.92 Å². The number of nitrogens with zero attached hydrogens (tertiary/aromatic N) is 2. The number of nitrogens with two attached hydrogens (primary N) is 1. The third-order valence-electron chi connectivity index (χ3n) is 4.46. The van der Waals surface area contributed by atoms with E-state index in [9.17, 15) is 19.7 Å². The van der Waals surface area contributed by atoms with Gasteiger partial charge in [-0.05, 0) is 24.6 Å². The molecule has 2 heterocycles. The van der Waals surface area contributed by atoms with Crippen LogP contribution in [0.1, 0.15) is 46.1 Å². The summed E-state index contributed by atoms with van der Waals surface area (Å²) in [5, 5.41) is 11.2. The number of hydrogen-bond donors (Lipinski definition) is 1. The Morgan fingerprint density at radius 1 is 1.37 bits per heavy atom. The number of thiophene rings is 1. The van der Waals surface area contributed by atoms with Crippen LogP contribution in [0.4, 0.5) is 15.5 Å². The molecule has 0 bridgehead atoms. The highest BCUT2D eigenvalue weighted by molar-refractivity contribution is 7.16. The standard InChI is InChI=1S/C18H19N3O5S/c1-3-26-18(23)20-8-10(2)14-13(9-20)27-17(19)15(14)16(22)11-4-6-12(7-5-11)21(24)25/h4-7,10H,3,8-9,19H2,1-2H3. The van der Waals surface area contributed by atoms with E-state index < -0.39 is 4.92 Å². The van der Waals surface area contributed by atoms with Crippen molar-refractivity contribution in [1.29, 1.82) is 0 Å². The highest BCUT2D eigenvalue weighted by atomic mass is 32.1. The number of amides is 1. The van der Waals surface area contributed by atoms with Crippen molar-refractivity contribution in [2.45, 2.75) is 26.3 Å². The molecule has 1 aliphatic rings. The SMILES string of the molecule is CCOC(=O)N1Cc2sc(N)c(C(=O)c3ccc([N+](=O)[O-])cc3)c2C(C)C1. The number of rotatable bonds is 4. The molecular weight excluding hydrogens is 370 g/mol. The van der Waals surface area contributed by atoms with Crippen molar-refractivity contribution in [3.8, 4) is 0 Å². The third kappa shape index (κ3) is 3.50. The summed E-state index contributed by atoms with van der Waals surface area (Å²) in [6.45, 7) is 4.76. The minimum Gasteiger partial charge on any atom is -0.450 e. The molecule has 1 unspecified atom stereocenters. The molecule has 1 amide bonds. The van der Waals surface area contributed by atoms with Crippen molar-refractivity contribution in [2.75, 3.05) is 18.9 Å². The largest absolute Gasteiger partial charge is 0.450 e. The first-order chi connectivity index (χ1) is 12.8. The van der Waals surface area contributed by atoms with Crippen molar-refractivity contribution in [2.24, 2.45) is 0 Å². The van der Waals surface area contributed by atoms with Crippen LogP contribution in [0, 0.1) is 10.1 Å². The van der Waals surface area contributed by atoms with E-state index in [2.05, 4.69) is 0 Å². The van der Waals surface area contributed by atoms with Crippen LogP contribution in [-0.4, -0.2) is 34.9 Å². The summed E-state index contributed by atoms with van der Waals surface area (Å²) < 4.78 is 5.07. The van der Waals surface area contributed by atoms with Crippen LogP contribution < -0.4 is 5.73 Å². The number of ketones is 1. The number of carbonyl (C=O) groups is 2. The van der Waals surface area contributed by atoms with E-state index in [0.717, 1.165) is 10.4 Å². The molecule has 1 aromatic carbocycles. The molecule has 2 N–H and O–H groups in total. The molecule has 0 fully saturated rings. The van der Waals surface area contributed by atoms with Crippen LogP contribution in [0.2, 0.25) is 0 Å². The van der Waals surface area contributed by atoms with Gasteiger partial charge in [-0.2, -0.15) is 0 Å². The molecule has 1 aliphatic heterocycles. The lowest BCUT2D eigenvalue weighted by Gasteiger charge is -2.30. The Kier molecular flexibility index (Phi) is 5.13. The van der Waals surface area contributed by atoms with Gasteiger partial charge in [0.15, 0.2) is 5.78 Å². The van der Waals surface area contributed by atoms with Gasteiger partial charge in [0, 0.05) is 35.0 Å². The summed E-state index contributed by atoms with van der Waals surface area (Å²) in [6.07, 6.45) is -0.384. The van der Waals surface area contributed by atoms with Crippen LogP contribution in [0.5, 0.6) is 0 Å². The fraction of sp³-hybridized carbons (Fsp3) is 0.333. The Bertz CT molecular complexity index is 906. The van der Waals surface area contributed by atoms with E-state index in [-0.39, 0.29) is 23.5 Å². The first-order valence-corrected chi connectivity index (χ1v) is 9.27. The summed E-state index contributed by atoms with van der Waals surface area (Å²) in [6, 6.07) is 5.47. The zero-order chi connectivity index (χ0) is 19.7. The van der Waals surface area contributed by atoms with Gasteiger partial charge in [-0.15, -0.1) is 11.3 Å². The van der Waals surface area contributed by atoms with Crippen molar-refractivity contribution in [3.63, 3.8) is 0 Å². The molecule has 8 nitrogen and oxygen atoms in total. The maximum Gasteiger partial charge on any atom is 0.410 e. The maximum atomic E-state index is 13.0. The van der Waals surface area contributed by atoms with E-state index in [0.29, 0.717) is 35.8 Å². The van der Waals surface area contributed by atoms with E-state index in [1.165, 1.54) is 35.6 Å². The number of nitro groups is 1. The molecule has 27 heavy (non-hydrogen) atoms. The maximum absolute atomic E-state index is 13.0. The van der Waals surface area contributed by atoms with Crippen LogP contribution in [0.15, 0.2) is 24.3 Å². The molecule has 2 aromatic rings. The number of benzene rings is 1. The molecule has 3 rings (SSSR count). The fourth-order valence-corrected chi connectivity index (χ4v) is 4.48.